The summed E-state index contributed by atoms with van der Waals surface area (Å²) < 4.78 is 23.1. The third kappa shape index (κ3) is 5.63. The summed E-state index contributed by atoms with van der Waals surface area (Å²) in [5.41, 5.74) is 1.41. The molecule has 0 heterocycles. The Morgan fingerprint density at radius 3 is 2.62 bits per heavy atom. The number of halogens is 2. The van der Waals surface area contributed by atoms with Gasteiger partial charge in [-0.25, -0.2) is 4.39 Å². The molecule has 0 unspecified atom stereocenters. The molecule has 1 N–H and O–H groups in total. The van der Waals surface area contributed by atoms with E-state index in [1.54, 1.807) is 24.3 Å². The maximum atomic E-state index is 12.8. The number of amides is 1. The van der Waals surface area contributed by atoms with Gasteiger partial charge in [0.2, 0.25) is 0 Å². The fraction of sp³-hybridized carbons (Fsp3) is 0.222. The molecule has 2 rings (SSSR count). The molecule has 0 spiro atoms. The predicted octanol–water partition coefficient (Wildman–Crippen LogP) is 3.16. The Morgan fingerprint density at radius 2 is 1.96 bits per heavy atom. The second-order valence-electron chi connectivity index (χ2n) is 5.15. The van der Waals surface area contributed by atoms with Crippen molar-refractivity contribution in [2.24, 2.45) is 5.16 Å². The molecule has 2 aromatic carbocycles. The van der Waals surface area contributed by atoms with Gasteiger partial charge < -0.3 is 19.6 Å². The zero-order valence-electron chi connectivity index (χ0n) is 14.3. The minimum atomic E-state index is -0.350. The molecule has 0 radical (unpaired) electrons. The first-order chi connectivity index (χ1) is 12.5. The Kier molecular flexibility index (Phi) is 7.23. The highest BCUT2D eigenvalue weighted by molar-refractivity contribution is 6.32. The Balaban J connectivity index is 1.82. The molecule has 0 atom stereocenters. The molecule has 0 saturated heterocycles. The third-order valence-corrected chi connectivity index (χ3v) is 3.61. The van der Waals surface area contributed by atoms with Crippen LogP contribution in [0.1, 0.15) is 11.1 Å². The van der Waals surface area contributed by atoms with Crippen molar-refractivity contribution in [1.82, 2.24) is 5.32 Å². The highest BCUT2D eigenvalue weighted by Crippen LogP contribution is 2.35. The van der Waals surface area contributed by atoms with Crippen molar-refractivity contribution in [2.45, 2.75) is 6.54 Å². The Morgan fingerprint density at radius 1 is 1.23 bits per heavy atom. The van der Waals surface area contributed by atoms with Crippen LogP contribution in [0.4, 0.5) is 4.39 Å². The van der Waals surface area contributed by atoms with E-state index in [2.05, 4.69) is 10.5 Å². The normalized spacial score (nSPS) is 10.6. The number of carbonyl (C=O) groups excluding carboxylic acids is 1. The monoisotopic (exact) mass is 380 g/mol. The van der Waals surface area contributed by atoms with Crippen molar-refractivity contribution < 1.29 is 23.5 Å². The predicted molar refractivity (Wildman–Crippen MR) is 96.3 cm³/mol. The van der Waals surface area contributed by atoms with Crippen LogP contribution in [0, 0.1) is 5.82 Å². The number of hydrogen-bond acceptors (Lipinski definition) is 5. The Bertz CT molecular complexity index is 782. The lowest BCUT2D eigenvalue weighted by molar-refractivity contribution is -0.125. The summed E-state index contributed by atoms with van der Waals surface area (Å²) in [7, 11) is 2.99. The fourth-order valence-corrected chi connectivity index (χ4v) is 2.36. The maximum absolute atomic E-state index is 12.8. The molecule has 2 aromatic rings. The number of nitrogens with one attached hydrogen (secondary N) is 1. The van der Waals surface area contributed by atoms with Gasteiger partial charge >= 0.3 is 0 Å². The van der Waals surface area contributed by atoms with E-state index in [4.69, 9.17) is 25.9 Å². The molecule has 0 aliphatic carbocycles. The molecular weight excluding hydrogens is 363 g/mol. The molecule has 0 aliphatic heterocycles. The number of ether oxygens (including phenoxy) is 2. The number of rotatable bonds is 8. The Labute approximate surface area is 155 Å². The summed E-state index contributed by atoms with van der Waals surface area (Å²) in [5, 5.41) is 6.74. The summed E-state index contributed by atoms with van der Waals surface area (Å²) in [6, 6.07) is 9.15. The molecule has 6 nitrogen and oxygen atoms in total. The van der Waals surface area contributed by atoms with Gasteiger partial charge in [0, 0.05) is 12.1 Å². The maximum Gasteiger partial charge on any atom is 0.261 e. The minimum Gasteiger partial charge on any atom is -0.493 e. The van der Waals surface area contributed by atoms with Crippen molar-refractivity contribution in [3.8, 4) is 11.5 Å². The molecule has 0 bridgehead atoms. The van der Waals surface area contributed by atoms with Gasteiger partial charge in [-0.15, -0.1) is 0 Å². The quantitative estimate of drug-likeness (QED) is 0.564. The second-order valence-corrected chi connectivity index (χ2v) is 5.56. The van der Waals surface area contributed by atoms with Crippen LogP contribution >= 0.6 is 11.6 Å². The molecule has 0 aliphatic rings. The highest BCUT2D eigenvalue weighted by atomic mass is 35.5. The van der Waals surface area contributed by atoms with Crippen LogP contribution in [0.15, 0.2) is 41.6 Å². The lowest BCUT2D eigenvalue weighted by Crippen LogP contribution is -2.26. The van der Waals surface area contributed by atoms with Crippen LogP contribution in [0.2, 0.25) is 5.02 Å². The molecule has 0 fully saturated rings. The molecule has 1 amide bonds. The summed E-state index contributed by atoms with van der Waals surface area (Å²) in [5.74, 6) is 0.204. The van der Waals surface area contributed by atoms with Gasteiger partial charge in [-0.2, -0.15) is 0 Å². The molecule has 0 aromatic heterocycles. The number of carbonyl (C=O) groups is 1. The van der Waals surface area contributed by atoms with Crippen molar-refractivity contribution >= 4 is 23.7 Å². The van der Waals surface area contributed by atoms with Crippen molar-refractivity contribution in [3.05, 3.63) is 58.4 Å². The van der Waals surface area contributed by atoms with Crippen LogP contribution in [-0.4, -0.2) is 32.9 Å². The first-order valence-electron chi connectivity index (χ1n) is 7.61. The SMILES string of the molecule is COc1cc(/C=N\OCC(=O)NCc2ccc(F)cc2)cc(Cl)c1OC. The summed E-state index contributed by atoms with van der Waals surface area (Å²) in [6.45, 7) is 0.0240. The van der Waals surface area contributed by atoms with Gasteiger partial charge in [0.05, 0.1) is 25.5 Å². The van der Waals surface area contributed by atoms with E-state index in [9.17, 15) is 9.18 Å². The highest BCUT2D eigenvalue weighted by Gasteiger charge is 2.10. The molecule has 138 valence electrons. The van der Waals surface area contributed by atoms with Gasteiger partial charge in [0.1, 0.15) is 5.82 Å². The first-order valence-corrected chi connectivity index (χ1v) is 7.99. The van der Waals surface area contributed by atoms with Gasteiger partial charge in [-0.05, 0) is 29.8 Å². The van der Waals surface area contributed by atoms with E-state index >= 15 is 0 Å². The average Bonchev–Trinajstić information content (AvgIpc) is 2.64. The van der Waals surface area contributed by atoms with E-state index in [-0.39, 0.29) is 24.9 Å². The minimum absolute atomic E-state index is 0.251. The third-order valence-electron chi connectivity index (χ3n) is 3.33. The fourth-order valence-electron chi connectivity index (χ4n) is 2.06. The standard InChI is InChI=1S/C18H18ClFN2O4/c1-24-16-8-13(7-15(19)18(16)25-2)10-22-26-11-17(23)21-9-12-3-5-14(20)6-4-12/h3-8,10H,9,11H2,1-2H3,(H,21,23)/b22-10-. The molecular formula is C18H18ClFN2O4. The van der Waals surface area contributed by atoms with Crippen molar-refractivity contribution in [2.75, 3.05) is 20.8 Å². The molecule has 26 heavy (non-hydrogen) atoms. The largest absolute Gasteiger partial charge is 0.493 e. The lowest BCUT2D eigenvalue weighted by Gasteiger charge is -2.09. The van der Waals surface area contributed by atoms with E-state index in [0.29, 0.717) is 22.1 Å². The number of methoxy groups -OCH3 is 2. The lowest BCUT2D eigenvalue weighted by atomic mass is 10.2. The molecule has 8 heteroatoms. The topological polar surface area (TPSA) is 69.2 Å². The summed E-state index contributed by atoms with van der Waals surface area (Å²) >= 11 is 6.09. The number of nitrogens with zero attached hydrogens (tertiary/aromatic N) is 1. The van der Waals surface area contributed by atoms with Crippen LogP contribution in [0.3, 0.4) is 0 Å². The number of oxime groups is 1. The average molecular weight is 381 g/mol. The van der Waals surface area contributed by atoms with E-state index in [1.807, 2.05) is 0 Å². The van der Waals surface area contributed by atoms with Crippen LogP contribution in [0.5, 0.6) is 11.5 Å². The van der Waals surface area contributed by atoms with Crippen molar-refractivity contribution in [1.29, 1.82) is 0 Å². The van der Waals surface area contributed by atoms with Crippen molar-refractivity contribution in [3.63, 3.8) is 0 Å². The zero-order chi connectivity index (χ0) is 18.9. The summed E-state index contributed by atoms with van der Waals surface area (Å²) in [4.78, 5) is 16.7. The van der Waals surface area contributed by atoms with Gasteiger partial charge in [-0.1, -0.05) is 28.9 Å². The number of benzene rings is 2. The van der Waals surface area contributed by atoms with Crippen LogP contribution in [0.25, 0.3) is 0 Å². The van der Waals surface area contributed by atoms with Crippen LogP contribution < -0.4 is 14.8 Å². The van der Waals surface area contributed by atoms with E-state index in [1.165, 1.54) is 32.6 Å². The van der Waals surface area contributed by atoms with E-state index < -0.39 is 0 Å². The van der Waals surface area contributed by atoms with E-state index in [0.717, 1.165) is 5.56 Å². The van der Waals surface area contributed by atoms with Gasteiger partial charge in [-0.3, -0.25) is 4.79 Å². The van der Waals surface area contributed by atoms with Gasteiger partial charge in [0.25, 0.3) is 5.91 Å². The second kappa shape index (κ2) is 9.62. The van der Waals surface area contributed by atoms with Crippen LogP contribution in [-0.2, 0) is 16.2 Å². The zero-order valence-corrected chi connectivity index (χ0v) is 15.0. The molecule has 0 saturated carbocycles. The Hall–Kier alpha value is -2.80. The first kappa shape index (κ1) is 19.5. The smallest absolute Gasteiger partial charge is 0.261 e. The number of hydrogen-bond donors (Lipinski definition) is 1. The van der Waals surface area contributed by atoms with Gasteiger partial charge in [0.15, 0.2) is 18.1 Å². The summed E-state index contributed by atoms with van der Waals surface area (Å²) in [6.07, 6.45) is 1.40.